The molecule has 1 aromatic carbocycles. The van der Waals surface area contributed by atoms with Crippen molar-refractivity contribution in [3.63, 3.8) is 0 Å². The van der Waals surface area contributed by atoms with Crippen LogP contribution in [0.3, 0.4) is 0 Å². The maximum atomic E-state index is 5.99. The first kappa shape index (κ1) is 11.2. The molecule has 0 radical (unpaired) electrons. The molecular weight excluding hydrogens is 200 g/mol. The van der Waals surface area contributed by atoms with Crippen LogP contribution in [-0.2, 0) is 0 Å². The Bertz CT molecular complexity index is 297. The Balaban J connectivity index is 2.69. The van der Waals surface area contributed by atoms with Crippen molar-refractivity contribution in [2.24, 2.45) is 5.92 Å². The van der Waals surface area contributed by atoms with Crippen LogP contribution in [0.25, 0.3) is 0 Å². The highest BCUT2D eigenvalue weighted by Gasteiger charge is 2.04. The van der Waals surface area contributed by atoms with E-state index in [0.29, 0.717) is 23.3 Å². The molecule has 0 atom stereocenters. The van der Waals surface area contributed by atoms with E-state index in [-0.39, 0.29) is 0 Å². The van der Waals surface area contributed by atoms with Gasteiger partial charge in [-0.05, 0) is 18.1 Å². The number of halogens is 1. The molecule has 0 aliphatic heterocycles. The number of rotatable bonds is 4. The van der Waals surface area contributed by atoms with E-state index in [1.165, 1.54) is 0 Å². The molecule has 0 aliphatic rings. The maximum absolute atomic E-state index is 5.99. The van der Waals surface area contributed by atoms with Gasteiger partial charge in [0, 0.05) is 6.07 Å². The fourth-order valence-electron chi connectivity index (χ4n) is 0.982. The van der Waals surface area contributed by atoms with Crippen LogP contribution < -0.4 is 9.47 Å². The van der Waals surface area contributed by atoms with Crippen LogP contribution in [0.4, 0.5) is 0 Å². The molecule has 1 rings (SSSR count). The molecule has 0 spiro atoms. The third kappa shape index (κ3) is 3.11. The Morgan fingerprint density at radius 1 is 1.36 bits per heavy atom. The highest BCUT2D eigenvalue weighted by Crippen LogP contribution is 2.28. The fourth-order valence-corrected chi connectivity index (χ4v) is 1.21. The number of ether oxygens (including phenoxy) is 2. The van der Waals surface area contributed by atoms with Crippen molar-refractivity contribution < 1.29 is 9.47 Å². The minimum Gasteiger partial charge on any atom is -0.497 e. The van der Waals surface area contributed by atoms with E-state index in [1.54, 1.807) is 13.2 Å². The van der Waals surface area contributed by atoms with Gasteiger partial charge in [0.15, 0.2) is 0 Å². The minimum atomic E-state index is 0.494. The molecule has 0 unspecified atom stereocenters. The Kier molecular flexibility index (Phi) is 4.08. The van der Waals surface area contributed by atoms with Crippen molar-refractivity contribution >= 4 is 11.6 Å². The monoisotopic (exact) mass is 214 g/mol. The molecule has 3 heteroatoms. The molecule has 0 fully saturated rings. The summed E-state index contributed by atoms with van der Waals surface area (Å²) in [7, 11) is 1.61. The van der Waals surface area contributed by atoms with Crippen LogP contribution in [0, 0.1) is 5.92 Å². The van der Waals surface area contributed by atoms with Crippen molar-refractivity contribution in [1.82, 2.24) is 0 Å². The second kappa shape index (κ2) is 5.11. The van der Waals surface area contributed by atoms with Gasteiger partial charge >= 0.3 is 0 Å². The average Bonchev–Trinajstić information content (AvgIpc) is 2.15. The van der Waals surface area contributed by atoms with Crippen LogP contribution in [0.15, 0.2) is 18.2 Å². The summed E-state index contributed by atoms with van der Waals surface area (Å²) in [5.74, 6) is 1.95. The largest absolute Gasteiger partial charge is 0.497 e. The van der Waals surface area contributed by atoms with E-state index >= 15 is 0 Å². The zero-order valence-corrected chi connectivity index (χ0v) is 9.47. The van der Waals surface area contributed by atoms with E-state index in [9.17, 15) is 0 Å². The zero-order valence-electron chi connectivity index (χ0n) is 8.71. The highest BCUT2D eigenvalue weighted by atomic mass is 35.5. The van der Waals surface area contributed by atoms with Gasteiger partial charge in [0.05, 0.1) is 18.7 Å². The lowest BCUT2D eigenvalue weighted by molar-refractivity contribution is 0.271. The summed E-state index contributed by atoms with van der Waals surface area (Å²) in [6.07, 6.45) is 0. The maximum Gasteiger partial charge on any atom is 0.138 e. The molecule has 0 amide bonds. The fraction of sp³-hybridized carbons (Fsp3) is 0.455. The van der Waals surface area contributed by atoms with Crippen molar-refractivity contribution in [3.05, 3.63) is 23.2 Å². The molecule has 14 heavy (non-hydrogen) atoms. The summed E-state index contributed by atoms with van der Waals surface area (Å²) in [4.78, 5) is 0. The quantitative estimate of drug-likeness (QED) is 0.765. The summed E-state index contributed by atoms with van der Waals surface area (Å²) >= 11 is 5.99. The lowest BCUT2D eigenvalue weighted by Gasteiger charge is -2.10. The smallest absolute Gasteiger partial charge is 0.138 e. The van der Waals surface area contributed by atoms with Gasteiger partial charge in [-0.2, -0.15) is 0 Å². The zero-order chi connectivity index (χ0) is 10.6. The first-order valence-corrected chi connectivity index (χ1v) is 4.97. The molecule has 78 valence electrons. The van der Waals surface area contributed by atoms with Gasteiger partial charge in [0.25, 0.3) is 0 Å². The van der Waals surface area contributed by atoms with E-state index in [4.69, 9.17) is 21.1 Å². The molecule has 0 saturated heterocycles. The molecule has 0 bridgehead atoms. The van der Waals surface area contributed by atoms with Crippen molar-refractivity contribution in [2.45, 2.75) is 13.8 Å². The second-order valence-corrected chi connectivity index (χ2v) is 3.91. The number of methoxy groups -OCH3 is 1. The summed E-state index contributed by atoms with van der Waals surface area (Å²) in [6, 6.07) is 5.41. The topological polar surface area (TPSA) is 18.5 Å². The van der Waals surface area contributed by atoms with Gasteiger partial charge in [-0.25, -0.2) is 0 Å². The van der Waals surface area contributed by atoms with E-state index in [1.807, 2.05) is 12.1 Å². The van der Waals surface area contributed by atoms with Crippen LogP contribution in [0.5, 0.6) is 11.5 Å². The van der Waals surface area contributed by atoms with Gasteiger partial charge in [0.1, 0.15) is 11.5 Å². The molecule has 0 aliphatic carbocycles. The summed E-state index contributed by atoms with van der Waals surface area (Å²) in [5.41, 5.74) is 0. The Labute approximate surface area is 89.8 Å². The third-order valence-corrected chi connectivity index (χ3v) is 2.01. The normalized spacial score (nSPS) is 10.4. The van der Waals surface area contributed by atoms with Crippen LogP contribution in [0.2, 0.25) is 5.02 Å². The Hall–Kier alpha value is -0.890. The summed E-state index contributed by atoms with van der Waals surface area (Å²) in [6.45, 7) is 4.86. The third-order valence-electron chi connectivity index (χ3n) is 1.71. The second-order valence-electron chi connectivity index (χ2n) is 3.50. The molecule has 2 nitrogen and oxygen atoms in total. The van der Waals surface area contributed by atoms with E-state index in [0.717, 1.165) is 5.75 Å². The molecule has 0 heterocycles. The number of benzene rings is 1. The lowest BCUT2D eigenvalue weighted by atomic mass is 10.2. The SMILES string of the molecule is COc1ccc(OCC(C)C)c(Cl)c1. The van der Waals surface area contributed by atoms with E-state index < -0.39 is 0 Å². The van der Waals surface area contributed by atoms with Crippen LogP contribution >= 0.6 is 11.6 Å². The molecule has 1 aromatic rings. The first-order chi connectivity index (χ1) is 6.63. The first-order valence-electron chi connectivity index (χ1n) is 4.60. The summed E-state index contributed by atoms with van der Waals surface area (Å²) in [5, 5.41) is 0.588. The molecule has 0 saturated carbocycles. The van der Waals surface area contributed by atoms with Gasteiger partial charge in [-0.3, -0.25) is 0 Å². The number of hydrogen-bond donors (Lipinski definition) is 0. The Morgan fingerprint density at radius 2 is 2.07 bits per heavy atom. The van der Waals surface area contributed by atoms with Gasteiger partial charge in [-0.1, -0.05) is 25.4 Å². The summed E-state index contributed by atoms with van der Waals surface area (Å²) < 4.78 is 10.5. The van der Waals surface area contributed by atoms with Crippen molar-refractivity contribution in [3.8, 4) is 11.5 Å². The van der Waals surface area contributed by atoms with E-state index in [2.05, 4.69) is 13.8 Å². The lowest BCUT2D eigenvalue weighted by Crippen LogP contribution is -2.04. The van der Waals surface area contributed by atoms with Crippen molar-refractivity contribution in [1.29, 1.82) is 0 Å². The molecular formula is C11H15ClO2. The van der Waals surface area contributed by atoms with Crippen LogP contribution in [-0.4, -0.2) is 13.7 Å². The minimum absolute atomic E-state index is 0.494. The highest BCUT2D eigenvalue weighted by molar-refractivity contribution is 6.32. The Morgan fingerprint density at radius 3 is 2.57 bits per heavy atom. The van der Waals surface area contributed by atoms with Gasteiger partial charge in [0.2, 0.25) is 0 Å². The predicted molar refractivity (Wildman–Crippen MR) is 58.3 cm³/mol. The van der Waals surface area contributed by atoms with Crippen molar-refractivity contribution in [2.75, 3.05) is 13.7 Å². The number of hydrogen-bond acceptors (Lipinski definition) is 2. The molecule has 0 aromatic heterocycles. The molecule has 0 N–H and O–H groups in total. The average molecular weight is 215 g/mol. The standard InChI is InChI=1S/C11H15ClO2/c1-8(2)7-14-11-5-4-9(13-3)6-10(11)12/h4-6,8H,7H2,1-3H3. The van der Waals surface area contributed by atoms with Crippen LogP contribution in [0.1, 0.15) is 13.8 Å². The van der Waals surface area contributed by atoms with Gasteiger partial charge < -0.3 is 9.47 Å². The van der Waals surface area contributed by atoms with Gasteiger partial charge in [-0.15, -0.1) is 0 Å². The predicted octanol–water partition coefficient (Wildman–Crippen LogP) is 3.38.